The molecule has 3 aliphatic rings. The van der Waals surface area contributed by atoms with Crippen LogP contribution in [-0.4, -0.2) is 85.5 Å². The van der Waals surface area contributed by atoms with Crippen LogP contribution in [0.15, 0.2) is 4.99 Å². The summed E-state index contributed by atoms with van der Waals surface area (Å²) in [6, 6.07) is 0. The Morgan fingerprint density at radius 1 is 1.12 bits per heavy atom. The van der Waals surface area contributed by atoms with Crippen LogP contribution in [0.25, 0.3) is 0 Å². The average Bonchev–Trinajstić information content (AvgIpc) is 2.93. The molecule has 0 spiro atoms. The highest BCUT2D eigenvalue weighted by Crippen LogP contribution is 2.29. The predicted octanol–water partition coefficient (Wildman–Crippen LogP) is 1.63. The van der Waals surface area contributed by atoms with Crippen molar-refractivity contribution in [2.24, 2.45) is 16.3 Å². The average molecular weight is 364 g/mol. The third-order valence-electron chi connectivity index (χ3n) is 6.13. The fraction of sp³-hybridized carbons (Fsp3) is 0.900. The Morgan fingerprint density at radius 2 is 1.85 bits per heavy atom. The van der Waals surface area contributed by atoms with Gasteiger partial charge in [0.2, 0.25) is 5.91 Å². The van der Waals surface area contributed by atoms with E-state index in [1.54, 1.807) is 0 Å². The summed E-state index contributed by atoms with van der Waals surface area (Å²) in [5.74, 6) is 1.80. The summed E-state index contributed by atoms with van der Waals surface area (Å²) in [7, 11) is 0. The van der Waals surface area contributed by atoms with Gasteiger partial charge in [-0.2, -0.15) is 0 Å². The summed E-state index contributed by atoms with van der Waals surface area (Å²) in [5.41, 5.74) is 0.388. The molecular weight excluding hydrogens is 326 g/mol. The van der Waals surface area contributed by atoms with Gasteiger partial charge in [-0.15, -0.1) is 0 Å². The molecule has 0 atom stereocenters. The van der Waals surface area contributed by atoms with E-state index < -0.39 is 0 Å². The number of carbonyl (C=O) groups excluding carboxylic acids is 1. The summed E-state index contributed by atoms with van der Waals surface area (Å²) < 4.78 is 0. The van der Waals surface area contributed by atoms with Crippen LogP contribution >= 0.6 is 0 Å². The van der Waals surface area contributed by atoms with Gasteiger partial charge in [0, 0.05) is 58.3 Å². The molecule has 6 heteroatoms. The quantitative estimate of drug-likeness (QED) is 0.596. The minimum Gasteiger partial charge on any atom is -0.357 e. The van der Waals surface area contributed by atoms with E-state index in [0.29, 0.717) is 17.2 Å². The molecule has 2 heterocycles. The lowest BCUT2D eigenvalue weighted by Crippen LogP contribution is -2.51. The van der Waals surface area contributed by atoms with Crippen LogP contribution in [-0.2, 0) is 4.79 Å². The molecule has 0 unspecified atom stereocenters. The van der Waals surface area contributed by atoms with Crippen molar-refractivity contribution in [3.05, 3.63) is 0 Å². The number of nitrogens with zero attached hydrogens (tertiary/aromatic N) is 4. The second-order valence-electron chi connectivity index (χ2n) is 8.87. The molecule has 148 valence electrons. The molecule has 3 fully saturated rings. The SMILES string of the molecule is CCNC(=NCCN1CCN(C(=O)C2CCC2)CC1)N1CCC(C)(C)C1. The van der Waals surface area contributed by atoms with Crippen molar-refractivity contribution in [2.45, 2.75) is 46.5 Å². The first kappa shape index (κ1) is 19.5. The maximum atomic E-state index is 12.3. The summed E-state index contributed by atoms with van der Waals surface area (Å²) in [5, 5.41) is 3.45. The van der Waals surface area contributed by atoms with Gasteiger partial charge in [-0.1, -0.05) is 20.3 Å². The lowest BCUT2D eigenvalue weighted by atomic mass is 9.84. The molecule has 2 aliphatic heterocycles. The van der Waals surface area contributed by atoms with Gasteiger partial charge in [-0.05, 0) is 31.6 Å². The van der Waals surface area contributed by atoms with Crippen molar-refractivity contribution in [3.8, 4) is 0 Å². The van der Waals surface area contributed by atoms with Gasteiger partial charge in [0.15, 0.2) is 5.96 Å². The Morgan fingerprint density at radius 3 is 2.38 bits per heavy atom. The van der Waals surface area contributed by atoms with Gasteiger partial charge in [0.25, 0.3) is 0 Å². The highest BCUT2D eigenvalue weighted by Gasteiger charge is 2.32. The topological polar surface area (TPSA) is 51.2 Å². The van der Waals surface area contributed by atoms with E-state index in [4.69, 9.17) is 4.99 Å². The standard InChI is InChI=1S/C20H37N5O/c1-4-21-19(25-10-8-20(2,3)16-25)22-9-11-23-12-14-24(15-13-23)18(26)17-6-5-7-17/h17H,4-16H2,1-3H3,(H,21,22). The Hall–Kier alpha value is -1.30. The number of guanidine groups is 1. The summed E-state index contributed by atoms with van der Waals surface area (Å²) >= 11 is 0. The normalized spacial score (nSPS) is 24.7. The van der Waals surface area contributed by atoms with Crippen molar-refractivity contribution in [1.82, 2.24) is 20.0 Å². The van der Waals surface area contributed by atoms with E-state index in [-0.39, 0.29) is 0 Å². The fourth-order valence-electron chi connectivity index (χ4n) is 4.12. The molecule has 3 rings (SSSR count). The molecule has 6 nitrogen and oxygen atoms in total. The first-order valence-corrected chi connectivity index (χ1v) is 10.5. The fourth-order valence-corrected chi connectivity index (χ4v) is 4.12. The van der Waals surface area contributed by atoms with Gasteiger partial charge in [-0.25, -0.2) is 0 Å². The first-order chi connectivity index (χ1) is 12.5. The summed E-state index contributed by atoms with van der Waals surface area (Å²) in [6.45, 7) is 15.5. The smallest absolute Gasteiger partial charge is 0.225 e. The molecule has 1 aliphatic carbocycles. The largest absolute Gasteiger partial charge is 0.357 e. The minimum absolute atomic E-state index is 0.332. The minimum atomic E-state index is 0.332. The van der Waals surface area contributed by atoms with Crippen LogP contribution in [0, 0.1) is 11.3 Å². The Bertz CT molecular complexity index is 506. The Balaban J connectivity index is 1.41. The van der Waals surface area contributed by atoms with Crippen molar-refractivity contribution >= 4 is 11.9 Å². The maximum Gasteiger partial charge on any atom is 0.225 e. The molecule has 1 amide bonds. The molecule has 26 heavy (non-hydrogen) atoms. The van der Waals surface area contributed by atoms with Gasteiger partial charge in [-0.3, -0.25) is 14.7 Å². The molecule has 0 aromatic rings. The van der Waals surface area contributed by atoms with Gasteiger partial charge in [0.1, 0.15) is 0 Å². The van der Waals surface area contributed by atoms with Crippen LogP contribution < -0.4 is 5.32 Å². The second kappa shape index (κ2) is 8.59. The zero-order valence-electron chi connectivity index (χ0n) is 17.0. The van der Waals surface area contributed by atoms with E-state index in [1.165, 1.54) is 12.8 Å². The highest BCUT2D eigenvalue weighted by atomic mass is 16.2. The van der Waals surface area contributed by atoms with Gasteiger partial charge >= 0.3 is 0 Å². The predicted molar refractivity (Wildman–Crippen MR) is 106 cm³/mol. The third-order valence-corrected chi connectivity index (χ3v) is 6.13. The van der Waals surface area contributed by atoms with Crippen LogP contribution in [0.4, 0.5) is 0 Å². The zero-order valence-corrected chi connectivity index (χ0v) is 17.0. The van der Waals surface area contributed by atoms with Crippen molar-refractivity contribution < 1.29 is 4.79 Å². The van der Waals surface area contributed by atoms with Crippen molar-refractivity contribution in [2.75, 3.05) is 58.9 Å². The first-order valence-electron chi connectivity index (χ1n) is 10.5. The molecule has 0 bridgehead atoms. The number of amides is 1. The Kier molecular flexibility index (Phi) is 6.43. The van der Waals surface area contributed by atoms with Crippen LogP contribution in [0.3, 0.4) is 0 Å². The highest BCUT2D eigenvalue weighted by molar-refractivity contribution is 5.80. The lowest BCUT2D eigenvalue weighted by molar-refractivity contribution is -0.139. The van der Waals surface area contributed by atoms with Crippen LogP contribution in [0.5, 0.6) is 0 Å². The summed E-state index contributed by atoms with van der Waals surface area (Å²) in [4.78, 5) is 24.1. The number of hydrogen-bond donors (Lipinski definition) is 1. The molecule has 0 radical (unpaired) electrons. The molecule has 1 saturated carbocycles. The Labute approximate surface area is 159 Å². The lowest BCUT2D eigenvalue weighted by Gasteiger charge is -2.38. The van der Waals surface area contributed by atoms with Crippen molar-refractivity contribution in [3.63, 3.8) is 0 Å². The van der Waals surface area contributed by atoms with E-state index in [1.807, 2.05) is 0 Å². The number of nitrogens with one attached hydrogen (secondary N) is 1. The van der Waals surface area contributed by atoms with Gasteiger partial charge in [0.05, 0.1) is 6.54 Å². The number of piperazine rings is 1. The van der Waals surface area contributed by atoms with E-state index in [0.717, 1.165) is 77.7 Å². The molecule has 1 N–H and O–H groups in total. The summed E-state index contributed by atoms with van der Waals surface area (Å²) in [6.07, 6.45) is 4.67. The van der Waals surface area contributed by atoms with Crippen LogP contribution in [0.1, 0.15) is 46.5 Å². The molecule has 0 aromatic carbocycles. The van der Waals surface area contributed by atoms with E-state index in [9.17, 15) is 4.79 Å². The maximum absolute atomic E-state index is 12.3. The van der Waals surface area contributed by atoms with Crippen LogP contribution in [0.2, 0.25) is 0 Å². The number of carbonyl (C=O) groups is 1. The second-order valence-corrected chi connectivity index (χ2v) is 8.87. The van der Waals surface area contributed by atoms with E-state index >= 15 is 0 Å². The number of rotatable bonds is 5. The van der Waals surface area contributed by atoms with E-state index in [2.05, 4.69) is 40.8 Å². The number of likely N-dealkylation sites (tertiary alicyclic amines) is 1. The molecule has 0 aromatic heterocycles. The molecular formula is C20H37N5O. The monoisotopic (exact) mass is 363 g/mol. The van der Waals surface area contributed by atoms with Crippen molar-refractivity contribution in [1.29, 1.82) is 0 Å². The third kappa shape index (κ3) is 4.90. The number of hydrogen-bond acceptors (Lipinski definition) is 3. The number of aliphatic imine (C=N–C) groups is 1. The molecule has 2 saturated heterocycles. The van der Waals surface area contributed by atoms with Gasteiger partial charge < -0.3 is 15.1 Å². The zero-order chi connectivity index (χ0) is 18.6.